The smallest absolute Gasteiger partial charge is 0.160 e. The Bertz CT molecular complexity index is 3210. The molecule has 11 rings (SSSR count). The Kier molecular flexibility index (Phi) is 7.17. The van der Waals surface area contributed by atoms with E-state index in [1.165, 1.54) is 59.7 Å². The highest BCUT2D eigenvalue weighted by atomic mass is 15.0. The molecule has 0 saturated heterocycles. The number of aromatic nitrogens is 3. The first-order chi connectivity index (χ1) is 27.3. The third-order valence-electron chi connectivity index (χ3n) is 11.0. The molecule has 0 fully saturated rings. The lowest BCUT2D eigenvalue weighted by molar-refractivity contribution is 1.16. The second-order valence-electron chi connectivity index (χ2n) is 14.1. The van der Waals surface area contributed by atoms with Crippen molar-refractivity contribution in [2.45, 2.75) is 0 Å². The molecule has 55 heavy (non-hydrogen) atoms. The van der Waals surface area contributed by atoms with E-state index >= 15 is 0 Å². The fraction of sp³-hybridized carbons (Fsp3) is 0. The monoisotopic (exact) mass is 699 g/mol. The Balaban J connectivity index is 1.15. The van der Waals surface area contributed by atoms with Gasteiger partial charge in [-0.15, -0.1) is 0 Å². The SMILES string of the molecule is c1ccc(-c2nc(-c3cccc(-n4c5ccccc5c5ccccc54)c3)cc(-c3ccccc3-c3c4ccccc4cc4c3ccc3ccccc34)n2)cc1. The molecule has 0 N–H and O–H groups in total. The summed E-state index contributed by atoms with van der Waals surface area (Å²) in [6.07, 6.45) is 0. The van der Waals surface area contributed by atoms with Crippen molar-refractivity contribution >= 4 is 54.1 Å². The predicted molar refractivity (Wildman–Crippen MR) is 231 cm³/mol. The first kappa shape index (κ1) is 31.2. The van der Waals surface area contributed by atoms with Gasteiger partial charge in [0.25, 0.3) is 0 Å². The third-order valence-corrected chi connectivity index (χ3v) is 11.0. The van der Waals surface area contributed by atoms with Crippen LogP contribution in [0.2, 0.25) is 0 Å². The van der Waals surface area contributed by atoms with E-state index in [9.17, 15) is 0 Å². The molecule has 3 heteroatoms. The molecule has 0 unspecified atom stereocenters. The van der Waals surface area contributed by atoms with Crippen LogP contribution in [0.4, 0.5) is 0 Å². The third kappa shape index (κ3) is 5.13. The number of benzene rings is 9. The van der Waals surface area contributed by atoms with Crippen LogP contribution in [0.3, 0.4) is 0 Å². The molecule has 3 nitrogen and oxygen atoms in total. The molecule has 0 amide bonds. The molecule has 0 atom stereocenters. The van der Waals surface area contributed by atoms with Gasteiger partial charge in [0.15, 0.2) is 5.82 Å². The molecule has 0 radical (unpaired) electrons. The fourth-order valence-corrected chi connectivity index (χ4v) is 8.49. The van der Waals surface area contributed by atoms with Crippen LogP contribution in [0, 0.1) is 0 Å². The Morgan fingerprint density at radius 3 is 1.71 bits per heavy atom. The second-order valence-corrected chi connectivity index (χ2v) is 14.1. The number of hydrogen-bond acceptors (Lipinski definition) is 2. The highest BCUT2D eigenvalue weighted by Gasteiger charge is 2.19. The lowest BCUT2D eigenvalue weighted by atomic mass is 9.87. The lowest BCUT2D eigenvalue weighted by Crippen LogP contribution is -1.98. The van der Waals surface area contributed by atoms with Crippen LogP contribution < -0.4 is 0 Å². The Morgan fingerprint density at radius 1 is 0.327 bits per heavy atom. The fourth-order valence-electron chi connectivity index (χ4n) is 8.49. The van der Waals surface area contributed by atoms with Gasteiger partial charge in [-0.25, -0.2) is 9.97 Å². The van der Waals surface area contributed by atoms with Crippen molar-refractivity contribution in [1.82, 2.24) is 14.5 Å². The summed E-state index contributed by atoms with van der Waals surface area (Å²) in [5.41, 5.74) is 10.6. The van der Waals surface area contributed by atoms with Crippen molar-refractivity contribution < 1.29 is 0 Å². The molecular weight excluding hydrogens is 667 g/mol. The average Bonchev–Trinajstić information content (AvgIpc) is 3.60. The van der Waals surface area contributed by atoms with E-state index < -0.39 is 0 Å². The number of fused-ring (bicyclic) bond motifs is 7. The van der Waals surface area contributed by atoms with Crippen LogP contribution in [0.1, 0.15) is 0 Å². The van der Waals surface area contributed by atoms with E-state index in [1.54, 1.807) is 0 Å². The zero-order chi connectivity index (χ0) is 36.3. The second kappa shape index (κ2) is 12.6. The first-order valence-corrected chi connectivity index (χ1v) is 18.7. The number of rotatable bonds is 5. The van der Waals surface area contributed by atoms with Gasteiger partial charge < -0.3 is 4.57 Å². The summed E-state index contributed by atoms with van der Waals surface area (Å²) in [4.78, 5) is 10.6. The average molecular weight is 700 g/mol. The standard InChI is InChI=1S/C52H33N3/c1-2-16-35(17-3-1)52-53-47(37-19-14-20-38(31-37)55-49-27-12-10-24-42(49)43-25-11-13-28-50(43)55)33-48(54-52)41-23-8-9-26-44(41)51-40-22-7-5-18-36(40)32-46-39-21-6-4-15-34(39)29-30-45(46)51/h1-33H. The zero-order valence-corrected chi connectivity index (χ0v) is 29.9. The number of nitrogens with zero attached hydrogens (tertiary/aromatic N) is 3. The van der Waals surface area contributed by atoms with E-state index in [-0.39, 0.29) is 0 Å². The molecular formula is C52H33N3. The van der Waals surface area contributed by atoms with Crippen LogP contribution in [0.5, 0.6) is 0 Å². The van der Waals surface area contributed by atoms with E-state index in [0.717, 1.165) is 39.3 Å². The van der Waals surface area contributed by atoms with Crippen molar-refractivity contribution in [2.75, 3.05) is 0 Å². The maximum atomic E-state index is 5.33. The quantitative estimate of drug-likeness (QED) is 0.132. The van der Waals surface area contributed by atoms with Gasteiger partial charge in [0.1, 0.15) is 0 Å². The van der Waals surface area contributed by atoms with Gasteiger partial charge in [0, 0.05) is 33.2 Å². The molecule has 9 aromatic carbocycles. The number of hydrogen-bond donors (Lipinski definition) is 0. The summed E-state index contributed by atoms with van der Waals surface area (Å²) in [5.74, 6) is 0.693. The van der Waals surface area contributed by atoms with Gasteiger partial charge >= 0.3 is 0 Å². The summed E-state index contributed by atoms with van der Waals surface area (Å²) in [5, 5.41) is 9.87. The lowest BCUT2D eigenvalue weighted by Gasteiger charge is -2.18. The van der Waals surface area contributed by atoms with Gasteiger partial charge in [-0.3, -0.25) is 0 Å². The molecule has 0 bridgehead atoms. The van der Waals surface area contributed by atoms with Crippen molar-refractivity contribution in [3.8, 4) is 50.7 Å². The van der Waals surface area contributed by atoms with Crippen molar-refractivity contribution in [1.29, 1.82) is 0 Å². The molecule has 0 aliphatic rings. The van der Waals surface area contributed by atoms with Crippen molar-refractivity contribution in [3.63, 3.8) is 0 Å². The molecule has 0 aliphatic heterocycles. The largest absolute Gasteiger partial charge is 0.309 e. The van der Waals surface area contributed by atoms with Crippen LogP contribution in [0.15, 0.2) is 200 Å². The Hall–Kier alpha value is -7.36. The summed E-state index contributed by atoms with van der Waals surface area (Å²) in [6.45, 7) is 0. The van der Waals surface area contributed by atoms with Gasteiger partial charge in [0.05, 0.1) is 22.4 Å². The molecule has 256 valence electrons. The highest BCUT2D eigenvalue weighted by molar-refractivity contribution is 6.21. The molecule has 11 aromatic rings. The maximum absolute atomic E-state index is 5.33. The van der Waals surface area contributed by atoms with E-state index in [2.05, 4.69) is 199 Å². The minimum atomic E-state index is 0.693. The molecule has 0 saturated carbocycles. The topological polar surface area (TPSA) is 30.7 Å². The minimum absolute atomic E-state index is 0.693. The summed E-state index contributed by atoms with van der Waals surface area (Å²) in [6, 6.07) is 71.5. The van der Waals surface area contributed by atoms with Gasteiger partial charge in [-0.2, -0.15) is 0 Å². The zero-order valence-electron chi connectivity index (χ0n) is 29.9. The molecule has 2 aromatic heterocycles. The van der Waals surface area contributed by atoms with Crippen LogP contribution in [-0.4, -0.2) is 14.5 Å². The molecule has 2 heterocycles. The van der Waals surface area contributed by atoms with Crippen LogP contribution in [-0.2, 0) is 0 Å². The van der Waals surface area contributed by atoms with Gasteiger partial charge in [-0.05, 0) is 79.8 Å². The van der Waals surface area contributed by atoms with Gasteiger partial charge in [0.2, 0.25) is 0 Å². The van der Waals surface area contributed by atoms with E-state index in [0.29, 0.717) is 5.82 Å². The Morgan fingerprint density at radius 2 is 0.927 bits per heavy atom. The Labute approximate surface area is 318 Å². The van der Waals surface area contributed by atoms with Crippen molar-refractivity contribution in [3.05, 3.63) is 200 Å². The molecule has 0 spiro atoms. The van der Waals surface area contributed by atoms with E-state index in [1.807, 2.05) is 6.07 Å². The van der Waals surface area contributed by atoms with Crippen LogP contribution >= 0.6 is 0 Å². The summed E-state index contributed by atoms with van der Waals surface area (Å²) in [7, 11) is 0. The van der Waals surface area contributed by atoms with Crippen LogP contribution in [0.25, 0.3) is 105 Å². The number of para-hydroxylation sites is 2. The molecule has 0 aliphatic carbocycles. The first-order valence-electron chi connectivity index (χ1n) is 18.7. The summed E-state index contributed by atoms with van der Waals surface area (Å²) >= 11 is 0. The predicted octanol–water partition coefficient (Wildman–Crippen LogP) is 13.7. The minimum Gasteiger partial charge on any atom is -0.309 e. The summed E-state index contributed by atoms with van der Waals surface area (Å²) < 4.78 is 2.36. The van der Waals surface area contributed by atoms with Crippen molar-refractivity contribution in [2.24, 2.45) is 0 Å². The van der Waals surface area contributed by atoms with Gasteiger partial charge in [-0.1, -0.05) is 164 Å². The highest BCUT2D eigenvalue weighted by Crippen LogP contribution is 2.43. The normalized spacial score (nSPS) is 11.6. The maximum Gasteiger partial charge on any atom is 0.160 e. The van der Waals surface area contributed by atoms with E-state index in [4.69, 9.17) is 9.97 Å².